The molecule has 0 unspecified atom stereocenters. The van der Waals surface area contributed by atoms with Crippen LogP contribution >= 0.6 is 0 Å². The van der Waals surface area contributed by atoms with Gasteiger partial charge in [-0.05, 0) is 17.7 Å². The summed E-state index contributed by atoms with van der Waals surface area (Å²) in [4.78, 5) is 8.29. The average molecular weight is 260 g/mol. The monoisotopic (exact) mass is 260 g/mol. The van der Waals surface area contributed by atoms with Crippen molar-refractivity contribution in [3.05, 3.63) is 35.8 Å². The zero-order valence-electron chi connectivity index (χ0n) is 10.9. The number of hydrogen-bond donors (Lipinski definition) is 2. The standard InChI is InChI=1S/C13H16N4O2/c1-18-9-3-8(4-10(6-9)19-2)5-12-16-7-11(14)13(15)17-12/h3-4,6-7H,5,14H2,1-2H3,(H2,15,16,17). The number of ether oxygens (including phenoxy) is 2. The van der Waals surface area contributed by atoms with Crippen molar-refractivity contribution in [2.24, 2.45) is 0 Å². The lowest BCUT2D eigenvalue weighted by Gasteiger charge is -2.08. The van der Waals surface area contributed by atoms with Crippen LogP contribution < -0.4 is 20.9 Å². The Morgan fingerprint density at radius 2 is 1.68 bits per heavy atom. The van der Waals surface area contributed by atoms with Gasteiger partial charge >= 0.3 is 0 Å². The van der Waals surface area contributed by atoms with Gasteiger partial charge in [0.05, 0.1) is 26.1 Å². The number of nitrogens with zero attached hydrogens (tertiary/aromatic N) is 2. The van der Waals surface area contributed by atoms with Crippen LogP contribution in [0.4, 0.5) is 11.5 Å². The first-order valence-electron chi connectivity index (χ1n) is 5.71. The molecule has 1 heterocycles. The zero-order chi connectivity index (χ0) is 13.8. The summed E-state index contributed by atoms with van der Waals surface area (Å²) in [5.41, 5.74) is 12.6. The zero-order valence-corrected chi connectivity index (χ0v) is 10.9. The minimum Gasteiger partial charge on any atom is -0.497 e. The summed E-state index contributed by atoms with van der Waals surface area (Å²) in [5, 5.41) is 0. The summed E-state index contributed by atoms with van der Waals surface area (Å²) in [7, 11) is 3.21. The van der Waals surface area contributed by atoms with E-state index in [-0.39, 0.29) is 0 Å². The smallest absolute Gasteiger partial charge is 0.150 e. The van der Waals surface area contributed by atoms with Gasteiger partial charge in [-0.25, -0.2) is 9.97 Å². The molecule has 0 saturated carbocycles. The fraction of sp³-hybridized carbons (Fsp3) is 0.231. The molecule has 19 heavy (non-hydrogen) atoms. The minimum atomic E-state index is 0.292. The summed E-state index contributed by atoms with van der Waals surface area (Å²) >= 11 is 0. The van der Waals surface area contributed by atoms with Gasteiger partial charge in [-0.1, -0.05) is 0 Å². The molecule has 0 aliphatic carbocycles. The van der Waals surface area contributed by atoms with E-state index in [4.69, 9.17) is 20.9 Å². The molecular formula is C13H16N4O2. The van der Waals surface area contributed by atoms with Crippen LogP contribution in [0.25, 0.3) is 0 Å². The second-order valence-corrected chi connectivity index (χ2v) is 4.02. The molecule has 0 aliphatic heterocycles. The van der Waals surface area contributed by atoms with Crippen molar-refractivity contribution in [3.63, 3.8) is 0 Å². The van der Waals surface area contributed by atoms with Crippen molar-refractivity contribution < 1.29 is 9.47 Å². The molecule has 0 radical (unpaired) electrons. The summed E-state index contributed by atoms with van der Waals surface area (Å²) in [6.45, 7) is 0. The van der Waals surface area contributed by atoms with E-state index < -0.39 is 0 Å². The molecule has 1 aromatic heterocycles. The lowest BCUT2D eigenvalue weighted by molar-refractivity contribution is 0.393. The Balaban J connectivity index is 2.29. The van der Waals surface area contributed by atoms with Crippen molar-refractivity contribution in [3.8, 4) is 11.5 Å². The van der Waals surface area contributed by atoms with E-state index in [0.29, 0.717) is 23.8 Å². The maximum Gasteiger partial charge on any atom is 0.150 e. The number of methoxy groups -OCH3 is 2. The van der Waals surface area contributed by atoms with Crippen LogP contribution in [0.5, 0.6) is 11.5 Å². The molecule has 0 spiro atoms. The molecule has 100 valence electrons. The number of nitrogen functional groups attached to an aromatic ring is 2. The number of aromatic nitrogens is 2. The lowest BCUT2D eigenvalue weighted by Crippen LogP contribution is -2.04. The predicted octanol–water partition coefficient (Wildman–Crippen LogP) is 1.25. The van der Waals surface area contributed by atoms with E-state index in [1.54, 1.807) is 14.2 Å². The highest BCUT2D eigenvalue weighted by Gasteiger charge is 2.06. The molecule has 6 heteroatoms. The third kappa shape index (κ3) is 3.04. The number of benzene rings is 1. The first-order valence-corrected chi connectivity index (χ1v) is 5.71. The third-order valence-electron chi connectivity index (χ3n) is 2.67. The van der Waals surface area contributed by atoms with Crippen molar-refractivity contribution in [1.29, 1.82) is 0 Å². The normalized spacial score (nSPS) is 10.2. The second kappa shape index (κ2) is 5.43. The minimum absolute atomic E-state index is 0.292. The van der Waals surface area contributed by atoms with Crippen LogP contribution in [-0.2, 0) is 6.42 Å². The summed E-state index contributed by atoms with van der Waals surface area (Å²) in [6.07, 6.45) is 2.03. The van der Waals surface area contributed by atoms with Gasteiger partial charge in [-0.3, -0.25) is 0 Å². The van der Waals surface area contributed by atoms with Gasteiger partial charge in [0.1, 0.15) is 23.1 Å². The molecule has 0 atom stereocenters. The Labute approximate surface area is 111 Å². The van der Waals surface area contributed by atoms with Crippen molar-refractivity contribution in [2.75, 3.05) is 25.7 Å². The number of anilines is 2. The molecule has 2 rings (SSSR count). The van der Waals surface area contributed by atoms with Crippen LogP contribution in [0.3, 0.4) is 0 Å². The topological polar surface area (TPSA) is 96.3 Å². The van der Waals surface area contributed by atoms with Crippen LogP contribution in [0, 0.1) is 0 Å². The Hall–Kier alpha value is -2.50. The van der Waals surface area contributed by atoms with Crippen molar-refractivity contribution in [2.45, 2.75) is 6.42 Å². The SMILES string of the molecule is COc1cc(Cc2ncc(N)c(N)n2)cc(OC)c1. The average Bonchev–Trinajstić information content (AvgIpc) is 2.42. The highest BCUT2D eigenvalue weighted by molar-refractivity contribution is 5.56. The molecule has 1 aromatic carbocycles. The number of hydrogen-bond acceptors (Lipinski definition) is 6. The van der Waals surface area contributed by atoms with Crippen molar-refractivity contribution in [1.82, 2.24) is 9.97 Å². The summed E-state index contributed by atoms with van der Waals surface area (Å²) < 4.78 is 10.4. The Kier molecular flexibility index (Phi) is 3.70. The highest BCUT2D eigenvalue weighted by Crippen LogP contribution is 2.24. The van der Waals surface area contributed by atoms with E-state index in [9.17, 15) is 0 Å². The molecule has 4 N–H and O–H groups in total. The molecule has 0 bridgehead atoms. The van der Waals surface area contributed by atoms with Gasteiger partial charge in [-0.2, -0.15) is 0 Å². The molecule has 0 fully saturated rings. The first-order chi connectivity index (χ1) is 9.12. The number of nitrogens with two attached hydrogens (primary N) is 2. The first kappa shape index (κ1) is 12.9. The molecule has 0 amide bonds. The largest absolute Gasteiger partial charge is 0.497 e. The Bertz CT molecular complexity index is 565. The third-order valence-corrected chi connectivity index (χ3v) is 2.67. The van der Waals surface area contributed by atoms with Gasteiger partial charge in [0.25, 0.3) is 0 Å². The van der Waals surface area contributed by atoms with Crippen molar-refractivity contribution >= 4 is 11.5 Å². The fourth-order valence-electron chi connectivity index (χ4n) is 1.68. The van der Waals surface area contributed by atoms with E-state index in [0.717, 1.165) is 17.1 Å². The van der Waals surface area contributed by atoms with Gasteiger partial charge in [-0.15, -0.1) is 0 Å². The van der Waals surface area contributed by atoms with E-state index in [1.807, 2.05) is 18.2 Å². The van der Waals surface area contributed by atoms with Crippen LogP contribution in [-0.4, -0.2) is 24.2 Å². The van der Waals surface area contributed by atoms with E-state index in [2.05, 4.69) is 9.97 Å². The Morgan fingerprint density at radius 1 is 1.05 bits per heavy atom. The number of rotatable bonds is 4. The quantitative estimate of drug-likeness (QED) is 0.858. The van der Waals surface area contributed by atoms with Gasteiger partial charge < -0.3 is 20.9 Å². The fourth-order valence-corrected chi connectivity index (χ4v) is 1.68. The van der Waals surface area contributed by atoms with E-state index in [1.165, 1.54) is 6.20 Å². The maximum atomic E-state index is 5.66. The molecular weight excluding hydrogens is 244 g/mol. The van der Waals surface area contributed by atoms with Crippen LogP contribution in [0.2, 0.25) is 0 Å². The van der Waals surface area contributed by atoms with E-state index >= 15 is 0 Å². The molecule has 0 aliphatic rings. The van der Waals surface area contributed by atoms with Gasteiger partial charge in [0.15, 0.2) is 0 Å². The predicted molar refractivity (Wildman–Crippen MR) is 73.2 cm³/mol. The van der Waals surface area contributed by atoms with Crippen LogP contribution in [0.15, 0.2) is 24.4 Å². The molecule has 6 nitrogen and oxygen atoms in total. The lowest BCUT2D eigenvalue weighted by atomic mass is 10.1. The van der Waals surface area contributed by atoms with Crippen LogP contribution in [0.1, 0.15) is 11.4 Å². The van der Waals surface area contributed by atoms with Gasteiger partial charge in [0.2, 0.25) is 0 Å². The molecule has 2 aromatic rings. The summed E-state index contributed by atoms with van der Waals surface area (Å²) in [6, 6.07) is 5.61. The maximum absolute atomic E-state index is 5.66. The highest BCUT2D eigenvalue weighted by atomic mass is 16.5. The Morgan fingerprint density at radius 3 is 2.21 bits per heavy atom. The van der Waals surface area contributed by atoms with Gasteiger partial charge in [0, 0.05) is 12.5 Å². The second-order valence-electron chi connectivity index (χ2n) is 4.02. The molecule has 0 saturated heterocycles. The summed E-state index contributed by atoms with van der Waals surface area (Å²) in [5.74, 6) is 2.33.